The molecule has 0 unspecified atom stereocenters. The lowest BCUT2D eigenvalue weighted by molar-refractivity contribution is -0.130. The molecule has 39 heavy (non-hydrogen) atoms. The largest absolute Gasteiger partial charge is 0.389 e. The summed E-state index contributed by atoms with van der Waals surface area (Å²) in [6.45, 7) is 3.00. The number of carbonyl (C=O) groups is 1. The molecule has 1 amide bonds. The Labute approximate surface area is 228 Å². The van der Waals surface area contributed by atoms with E-state index in [0.717, 1.165) is 18.1 Å². The lowest BCUT2D eigenvalue weighted by atomic mass is 9.93. The molecule has 2 heterocycles. The van der Waals surface area contributed by atoms with Crippen LogP contribution >= 0.6 is 0 Å². The van der Waals surface area contributed by atoms with Crippen molar-refractivity contribution in [3.63, 3.8) is 0 Å². The quantitative estimate of drug-likeness (QED) is 0.344. The van der Waals surface area contributed by atoms with Crippen LogP contribution in [0.4, 0.5) is 8.78 Å². The zero-order valence-electron chi connectivity index (χ0n) is 22.1. The Morgan fingerprint density at radius 1 is 1.15 bits per heavy atom. The molecule has 4 atom stereocenters. The normalized spacial score (nSPS) is 21.8. The third kappa shape index (κ3) is 8.04. The van der Waals surface area contributed by atoms with Crippen LogP contribution in [-0.2, 0) is 32.6 Å². The van der Waals surface area contributed by atoms with Crippen LogP contribution < -0.4 is 10.6 Å². The smallest absolute Gasteiger partial charge is 0.226 e. The van der Waals surface area contributed by atoms with E-state index < -0.39 is 51.7 Å². The number of rotatable bonds is 13. The van der Waals surface area contributed by atoms with Gasteiger partial charge in [-0.05, 0) is 42.5 Å². The number of halogens is 2. The van der Waals surface area contributed by atoms with Crippen LogP contribution in [0, 0.1) is 17.6 Å². The molecular formula is C28H37F2N3O5S. The highest BCUT2D eigenvalue weighted by molar-refractivity contribution is 7.89. The molecule has 0 saturated carbocycles. The van der Waals surface area contributed by atoms with E-state index in [-0.39, 0.29) is 31.4 Å². The predicted octanol–water partition coefficient (Wildman–Crippen LogP) is 2.36. The molecular weight excluding hydrogens is 528 g/mol. The summed E-state index contributed by atoms with van der Waals surface area (Å²) in [5.74, 6) is -2.40. The van der Waals surface area contributed by atoms with Crippen molar-refractivity contribution in [2.75, 3.05) is 25.4 Å². The van der Waals surface area contributed by atoms with Crippen LogP contribution in [-0.4, -0.2) is 73.4 Å². The van der Waals surface area contributed by atoms with Gasteiger partial charge in [0.15, 0.2) is 0 Å². The summed E-state index contributed by atoms with van der Waals surface area (Å²) in [6, 6.07) is 11.6. The van der Waals surface area contributed by atoms with Crippen molar-refractivity contribution in [2.24, 2.45) is 5.92 Å². The SMILES string of the molecule is CCCCS(=O)(=O)N1CC(C(=O)N[C@@H](Cc2cc(F)cc(F)c2)[C@H](O)[C@H]2C[C@@H](OCc3ccccc3)CN2)C1. The summed E-state index contributed by atoms with van der Waals surface area (Å²) in [5, 5.41) is 17.4. The van der Waals surface area contributed by atoms with E-state index in [9.17, 15) is 27.1 Å². The number of nitrogens with zero attached hydrogens (tertiary/aromatic N) is 1. The molecule has 0 spiro atoms. The van der Waals surface area contributed by atoms with Gasteiger partial charge in [-0.15, -0.1) is 0 Å². The Hall–Kier alpha value is -2.44. The lowest BCUT2D eigenvalue weighted by Gasteiger charge is -2.38. The Morgan fingerprint density at radius 3 is 2.51 bits per heavy atom. The maximum atomic E-state index is 13.9. The molecule has 2 fully saturated rings. The van der Waals surface area contributed by atoms with Gasteiger partial charge in [-0.1, -0.05) is 43.7 Å². The number of carbonyl (C=O) groups excluding carboxylic acids is 1. The van der Waals surface area contributed by atoms with Crippen molar-refractivity contribution in [1.82, 2.24) is 14.9 Å². The molecule has 0 radical (unpaired) electrons. The summed E-state index contributed by atoms with van der Waals surface area (Å²) < 4.78 is 59.8. The fourth-order valence-electron chi connectivity index (χ4n) is 5.02. The Morgan fingerprint density at radius 2 is 1.85 bits per heavy atom. The van der Waals surface area contributed by atoms with Gasteiger partial charge in [-0.2, -0.15) is 0 Å². The second kappa shape index (κ2) is 13.3. The number of nitrogens with one attached hydrogen (secondary N) is 2. The summed E-state index contributed by atoms with van der Waals surface area (Å²) >= 11 is 0. The molecule has 11 heteroatoms. The number of aliphatic hydroxyl groups excluding tert-OH is 1. The zero-order valence-corrected chi connectivity index (χ0v) is 22.9. The summed E-state index contributed by atoms with van der Waals surface area (Å²) in [4.78, 5) is 13.1. The molecule has 4 rings (SSSR count). The molecule has 2 aliphatic heterocycles. The molecule has 0 bridgehead atoms. The van der Waals surface area contributed by atoms with Gasteiger partial charge in [0.25, 0.3) is 0 Å². The standard InChI is InChI=1S/C28H37F2N3O5S/c1-2-3-9-39(36,37)33-16-21(17-33)28(35)32-26(12-20-10-22(29)13-23(30)11-20)27(34)25-14-24(15-31-25)38-18-19-7-5-4-6-8-19/h4-8,10-11,13,21,24-27,31,34H,2-3,9,12,14-18H2,1H3,(H,32,35)/t24-,25-,26+,27-/m1/s1. The van der Waals surface area contributed by atoms with E-state index in [1.165, 1.54) is 16.4 Å². The van der Waals surface area contributed by atoms with Gasteiger partial charge in [0, 0.05) is 31.7 Å². The van der Waals surface area contributed by atoms with E-state index in [1.54, 1.807) is 0 Å². The number of hydrogen-bond donors (Lipinski definition) is 3. The first-order valence-electron chi connectivity index (χ1n) is 13.4. The summed E-state index contributed by atoms with van der Waals surface area (Å²) in [7, 11) is -3.40. The van der Waals surface area contributed by atoms with Gasteiger partial charge in [-0.25, -0.2) is 21.5 Å². The van der Waals surface area contributed by atoms with Gasteiger partial charge in [0.2, 0.25) is 15.9 Å². The molecule has 0 aromatic heterocycles. The van der Waals surface area contributed by atoms with Crippen LogP contribution in [0.15, 0.2) is 48.5 Å². The van der Waals surface area contributed by atoms with Crippen LogP contribution in [0.1, 0.15) is 37.3 Å². The molecule has 8 nitrogen and oxygen atoms in total. The molecule has 214 valence electrons. The highest BCUT2D eigenvalue weighted by Crippen LogP contribution is 2.23. The molecule has 3 N–H and O–H groups in total. The number of sulfonamides is 1. The Balaban J connectivity index is 1.38. The highest BCUT2D eigenvalue weighted by atomic mass is 32.2. The van der Waals surface area contributed by atoms with E-state index in [2.05, 4.69) is 10.6 Å². The molecule has 2 aromatic carbocycles. The van der Waals surface area contributed by atoms with Gasteiger partial charge in [-0.3, -0.25) is 4.79 Å². The number of aliphatic hydroxyl groups is 1. The van der Waals surface area contributed by atoms with Crippen molar-refractivity contribution >= 4 is 15.9 Å². The molecule has 0 aliphatic carbocycles. The number of ether oxygens (including phenoxy) is 1. The average Bonchev–Trinajstić information content (AvgIpc) is 3.33. The van der Waals surface area contributed by atoms with E-state index in [1.807, 2.05) is 37.3 Å². The van der Waals surface area contributed by atoms with Crippen LogP contribution in [0.5, 0.6) is 0 Å². The first kappa shape index (κ1) is 29.5. The fourth-order valence-corrected chi connectivity index (χ4v) is 6.74. The minimum Gasteiger partial charge on any atom is -0.389 e. The number of benzene rings is 2. The molecule has 2 aliphatic rings. The van der Waals surface area contributed by atoms with E-state index in [0.29, 0.717) is 31.6 Å². The lowest BCUT2D eigenvalue weighted by Crippen LogP contribution is -2.60. The predicted molar refractivity (Wildman–Crippen MR) is 143 cm³/mol. The van der Waals surface area contributed by atoms with Gasteiger partial charge < -0.3 is 20.5 Å². The monoisotopic (exact) mass is 565 g/mol. The Kier molecular flexibility index (Phi) is 10.1. The van der Waals surface area contributed by atoms with Gasteiger partial charge >= 0.3 is 0 Å². The molecule has 2 aromatic rings. The Bertz CT molecular complexity index is 1190. The summed E-state index contributed by atoms with van der Waals surface area (Å²) in [6.07, 6.45) is 0.575. The van der Waals surface area contributed by atoms with Crippen molar-refractivity contribution in [3.8, 4) is 0 Å². The van der Waals surface area contributed by atoms with E-state index >= 15 is 0 Å². The first-order chi connectivity index (χ1) is 18.6. The third-order valence-electron chi connectivity index (χ3n) is 7.35. The minimum atomic E-state index is -3.40. The maximum Gasteiger partial charge on any atom is 0.226 e. The average molecular weight is 566 g/mol. The van der Waals surface area contributed by atoms with Crippen molar-refractivity contribution in [2.45, 2.75) is 63.5 Å². The minimum absolute atomic E-state index is 0.000534. The highest BCUT2D eigenvalue weighted by Gasteiger charge is 2.41. The third-order valence-corrected chi connectivity index (χ3v) is 9.24. The number of amides is 1. The number of hydrogen-bond acceptors (Lipinski definition) is 6. The molecule has 2 saturated heterocycles. The first-order valence-corrected chi connectivity index (χ1v) is 15.1. The van der Waals surface area contributed by atoms with Crippen molar-refractivity contribution < 1.29 is 31.8 Å². The fraction of sp³-hybridized carbons (Fsp3) is 0.536. The second-order valence-corrected chi connectivity index (χ2v) is 12.5. The summed E-state index contributed by atoms with van der Waals surface area (Å²) in [5.41, 5.74) is 1.33. The van der Waals surface area contributed by atoms with Crippen molar-refractivity contribution in [3.05, 3.63) is 71.3 Å². The van der Waals surface area contributed by atoms with Crippen LogP contribution in [0.25, 0.3) is 0 Å². The van der Waals surface area contributed by atoms with Gasteiger partial charge in [0.1, 0.15) is 11.6 Å². The van der Waals surface area contributed by atoms with Crippen LogP contribution in [0.2, 0.25) is 0 Å². The maximum absolute atomic E-state index is 13.9. The topological polar surface area (TPSA) is 108 Å². The van der Waals surface area contributed by atoms with Crippen molar-refractivity contribution in [1.29, 1.82) is 0 Å². The van der Waals surface area contributed by atoms with Crippen LogP contribution in [0.3, 0.4) is 0 Å². The number of unbranched alkanes of at least 4 members (excludes halogenated alkanes) is 1. The second-order valence-electron chi connectivity index (χ2n) is 10.4. The zero-order chi connectivity index (χ0) is 28.0. The van der Waals surface area contributed by atoms with E-state index in [4.69, 9.17) is 4.74 Å². The van der Waals surface area contributed by atoms with Gasteiger partial charge in [0.05, 0.1) is 36.5 Å².